The van der Waals surface area contributed by atoms with E-state index < -0.39 is 10.0 Å². The van der Waals surface area contributed by atoms with E-state index in [2.05, 4.69) is 20.3 Å². The molecule has 2 aromatic rings. The van der Waals surface area contributed by atoms with Gasteiger partial charge >= 0.3 is 0 Å². The van der Waals surface area contributed by atoms with Crippen LogP contribution in [0.25, 0.3) is 0 Å². The third-order valence-corrected chi connectivity index (χ3v) is 5.44. The van der Waals surface area contributed by atoms with Gasteiger partial charge in [0.25, 0.3) is 0 Å². The standard InChI is InChI=1S/C13H15Cl2N5O2S/c1-3-20(4-2)23(21,22)10-7-5-9(6-8-10)16-13-18-11(14)17-12(15)19-13/h5-8H,3-4H2,1-2H3,(H,16,17,18,19). The number of sulfonamides is 1. The predicted octanol–water partition coefficient (Wildman–Crippen LogP) is 2.95. The van der Waals surface area contributed by atoms with Gasteiger partial charge in [-0.15, -0.1) is 0 Å². The van der Waals surface area contributed by atoms with Gasteiger partial charge in [0.15, 0.2) is 0 Å². The van der Waals surface area contributed by atoms with Crippen LogP contribution < -0.4 is 5.32 Å². The molecule has 23 heavy (non-hydrogen) atoms. The summed E-state index contributed by atoms with van der Waals surface area (Å²) in [6, 6.07) is 6.25. The Labute approximate surface area is 144 Å². The van der Waals surface area contributed by atoms with E-state index in [9.17, 15) is 8.42 Å². The lowest BCUT2D eigenvalue weighted by atomic mass is 10.3. The van der Waals surface area contributed by atoms with Gasteiger partial charge in [-0.3, -0.25) is 0 Å². The molecular formula is C13H15Cl2N5O2S. The highest BCUT2D eigenvalue weighted by Crippen LogP contribution is 2.20. The largest absolute Gasteiger partial charge is 0.324 e. The van der Waals surface area contributed by atoms with Crippen molar-refractivity contribution in [2.24, 2.45) is 0 Å². The van der Waals surface area contributed by atoms with E-state index in [4.69, 9.17) is 23.2 Å². The molecule has 0 aliphatic heterocycles. The van der Waals surface area contributed by atoms with E-state index in [0.717, 1.165) is 0 Å². The second-order valence-corrected chi connectivity index (χ2v) is 7.05. The Kier molecular flexibility index (Phi) is 5.74. The van der Waals surface area contributed by atoms with Gasteiger partial charge in [0.05, 0.1) is 4.90 Å². The van der Waals surface area contributed by atoms with Crippen LogP contribution in [0.2, 0.25) is 10.6 Å². The highest BCUT2D eigenvalue weighted by molar-refractivity contribution is 7.89. The molecule has 124 valence electrons. The zero-order valence-corrected chi connectivity index (χ0v) is 14.8. The number of nitrogens with one attached hydrogen (secondary N) is 1. The molecule has 0 saturated carbocycles. The molecule has 0 bridgehead atoms. The lowest BCUT2D eigenvalue weighted by Gasteiger charge is -2.18. The van der Waals surface area contributed by atoms with Crippen molar-refractivity contribution >= 4 is 44.9 Å². The van der Waals surface area contributed by atoms with Crippen LogP contribution in [0.3, 0.4) is 0 Å². The Bertz CT molecular complexity index is 759. The van der Waals surface area contributed by atoms with Crippen molar-refractivity contribution in [3.63, 3.8) is 0 Å². The second kappa shape index (κ2) is 7.39. The van der Waals surface area contributed by atoms with Gasteiger partial charge in [0, 0.05) is 18.8 Å². The third kappa shape index (κ3) is 4.29. The Morgan fingerprint density at radius 3 is 2.00 bits per heavy atom. The number of aromatic nitrogens is 3. The Hall–Kier alpha value is -1.48. The predicted molar refractivity (Wildman–Crippen MR) is 89.7 cm³/mol. The Morgan fingerprint density at radius 1 is 1.00 bits per heavy atom. The molecule has 2 rings (SSSR count). The first-order valence-corrected chi connectivity index (χ1v) is 9.00. The Balaban J connectivity index is 2.22. The summed E-state index contributed by atoms with van der Waals surface area (Å²) in [6.45, 7) is 4.43. The van der Waals surface area contributed by atoms with E-state index in [0.29, 0.717) is 18.8 Å². The van der Waals surface area contributed by atoms with Gasteiger partial charge in [-0.2, -0.15) is 19.3 Å². The maximum atomic E-state index is 12.4. The maximum absolute atomic E-state index is 12.4. The topological polar surface area (TPSA) is 88.1 Å². The van der Waals surface area contributed by atoms with Crippen LogP contribution in [0.5, 0.6) is 0 Å². The molecule has 1 heterocycles. The van der Waals surface area contributed by atoms with Crippen LogP contribution in [0, 0.1) is 0 Å². The monoisotopic (exact) mass is 375 g/mol. The van der Waals surface area contributed by atoms with Gasteiger partial charge in [0.1, 0.15) is 0 Å². The fraction of sp³-hybridized carbons (Fsp3) is 0.308. The summed E-state index contributed by atoms with van der Waals surface area (Å²) < 4.78 is 26.2. The molecule has 0 unspecified atom stereocenters. The quantitative estimate of drug-likeness (QED) is 0.834. The normalized spacial score (nSPS) is 11.7. The van der Waals surface area contributed by atoms with Crippen LogP contribution in [0.15, 0.2) is 29.2 Å². The minimum Gasteiger partial charge on any atom is -0.324 e. The number of anilines is 2. The highest BCUT2D eigenvalue weighted by Gasteiger charge is 2.21. The molecule has 0 atom stereocenters. The summed E-state index contributed by atoms with van der Waals surface area (Å²) in [5.74, 6) is 0.175. The fourth-order valence-corrected chi connectivity index (χ4v) is 3.76. The first-order chi connectivity index (χ1) is 10.9. The van der Waals surface area contributed by atoms with Crippen LogP contribution in [-0.2, 0) is 10.0 Å². The molecule has 0 aliphatic rings. The average molecular weight is 376 g/mol. The van der Waals surface area contributed by atoms with E-state index in [-0.39, 0.29) is 21.4 Å². The summed E-state index contributed by atoms with van der Waals surface area (Å²) in [4.78, 5) is 11.6. The van der Waals surface area contributed by atoms with Gasteiger partial charge < -0.3 is 5.32 Å². The number of nitrogens with zero attached hydrogens (tertiary/aromatic N) is 4. The van der Waals surface area contributed by atoms with Gasteiger partial charge in [0.2, 0.25) is 26.5 Å². The first kappa shape index (κ1) is 17.9. The highest BCUT2D eigenvalue weighted by atomic mass is 35.5. The molecule has 1 aromatic carbocycles. The van der Waals surface area contributed by atoms with E-state index in [1.54, 1.807) is 26.0 Å². The third-order valence-electron chi connectivity index (χ3n) is 3.03. The summed E-state index contributed by atoms with van der Waals surface area (Å²) in [6.07, 6.45) is 0. The molecule has 0 radical (unpaired) electrons. The number of rotatable bonds is 6. The van der Waals surface area contributed by atoms with Crippen LogP contribution >= 0.6 is 23.2 Å². The first-order valence-electron chi connectivity index (χ1n) is 6.81. The average Bonchev–Trinajstić information content (AvgIpc) is 2.47. The molecule has 1 aromatic heterocycles. The summed E-state index contributed by atoms with van der Waals surface area (Å²) >= 11 is 11.4. The zero-order chi connectivity index (χ0) is 17.0. The van der Waals surface area contributed by atoms with Crippen LogP contribution in [-0.4, -0.2) is 40.8 Å². The van der Waals surface area contributed by atoms with E-state index in [1.165, 1.54) is 16.4 Å². The van der Waals surface area contributed by atoms with Gasteiger partial charge in [-0.25, -0.2) is 8.42 Å². The minimum absolute atomic E-state index is 0.0340. The van der Waals surface area contributed by atoms with Crippen molar-refractivity contribution in [2.45, 2.75) is 18.7 Å². The SMILES string of the molecule is CCN(CC)S(=O)(=O)c1ccc(Nc2nc(Cl)nc(Cl)n2)cc1. The van der Waals surface area contributed by atoms with E-state index >= 15 is 0 Å². The molecular weight excluding hydrogens is 361 g/mol. The molecule has 0 aliphatic carbocycles. The fourth-order valence-electron chi connectivity index (χ4n) is 1.93. The van der Waals surface area contributed by atoms with Gasteiger partial charge in [-0.1, -0.05) is 13.8 Å². The smallest absolute Gasteiger partial charge is 0.243 e. The lowest BCUT2D eigenvalue weighted by Crippen LogP contribution is -2.30. The van der Waals surface area contributed by atoms with Crippen molar-refractivity contribution in [2.75, 3.05) is 18.4 Å². The summed E-state index contributed by atoms with van der Waals surface area (Å²) in [7, 11) is -3.48. The molecule has 0 amide bonds. The number of benzene rings is 1. The lowest BCUT2D eigenvalue weighted by molar-refractivity contribution is 0.445. The maximum Gasteiger partial charge on any atom is 0.243 e. The van der Waals surface area contributed by atoms with Crippen LogP contribution in [0.4, 0.5) is 11.6 Å². The molecule has 0 saturated heterocycles. The minimum atomic E-state index is -3.48. The number of halogens is 2. The number of hydrogen-bond donors (Lipinski definition) is 1. The van der Waals surface area contributed by atoms with Crippen LogP contribution in [0.1, 0.15) is 13.8 Å². The van der Waals surface area contributed by atoms with Crippen molar-refractivity contribution in [3.05, 3.63) is 34.8 Å². The molecule has 0 fully saturated rings. The van der Waals surface area contributed by atoms with Crippen molar-refractivity contribution in [1.29, 1.82) is 0 Å². The van der Waals surface area contributed by atoms with Crippen molar-refractivity contribution in [1.82, 2.24) is 19.3 Å². The second-order valence-electron chi connectivity index (χ2n) is 4.44. The summed E-state index contributed by atoms with van der Waals surface area (Å²) in [5, 5.41) is 2.81. The molecule has 1 N–H and O–H groups in total. The van der Waals surface area contributed by atoms with Crippen molar-refractivity contribution < 1.29 is 8.42 Å². The molecule has 10 heteroatoms. The van der Waals surface area contributed by atoms with E-state index in [1.807, 2.05) is 0 Å². The molecule has 0 spiro atoms. The zero-order valence-electron chi connectivity index (χ0n) is 12.5. The van der Waals surface area contributed by atoms with Crippen molar-refractivity contribution in [3.8, 4) is 0 Å². The summed E-state index contributed by atoms with van der Waals surface area (Å²) in [5.41, 5.74) is 0.599. The number of hydrogen-bond acceptors (Lipinski definition) is 6. The molecule has 7 nitrogen and oxygen atoms in total. The Morgan fingerprint density at radius 2 is 1.52 bits per heavy atom. The van der Waals surface area contributed by atoms with Gasteiger partial charge in [-0.05, 0) is 47.5 Å².